The smallest absolute Gasteiger partial charge is 0.146 e. The lowest BCUT2D eigenvalue weighted by Crippen LogP contribution is -2.25. The van der Waals surface area contributed by atoms with Crippen molar-refractivity contribution in [3.05, 3.63) is 50.9 Å². The molecule has 0 radical (unpaired) electrons. The summed E-state index contributed by atoms with van der Waals surface area (Å²) < 4.78 is 19.6. The maximum atomic E-state index is 13.5. The summed E-state index contributed by atoms with van der Waals surface area (Å²) >= 11 is 4.89. The topological polar surface area (TPSA) is 41.5 Å². The van der Waals surface area contributed by atoms with Gasteiger partial charge in [0.1, 0.15) is 5.82 Å². The molecule has 20 heavy (non-hydrogen) atoms. The first-order valence-electron chi connectivity index (χ1n) is 6.12. The van der Waals surface area contributed by atoms with Crippen molar-refractivity contribution < 1.29 is 14.2 Å². The van der Waals surface area contributed by atoms with Gasteiger partial charge in [-0.05, 0) is 29.6 Å². The van der Waals surface area contributed by atoms with Crippen LogP contribution in [0.1, 0.15) is 4.88 Å². The molecular formula is C14H15BrFNO2S. The largest absolute Gasteiger partial charge is 0.389 e. The Labute approximate surface area is 129 Å². The van der Waals surface area contributed by atoms with Gasteiger partial charge in [-0.25, -0.2) is 4.39 Å². The first-order valence-corrected chi connectivity index (χ1v) is 7.79. The summed E-state index contributed by atoms with van der Waals surface area (Å²) in [5.74, 6) is -0.347. The van der Waals surface area contributed by atoms with Gasteiger partial charge in [0.25, 0.3) is 0 Å². The second-order valence-electron chi connectivity index (χ2n) is 4.25. The van der Waals surface area contributed by atoms with Gasteiger partial charge >= 0.3 is 0 Å². The second-order valence-corrected chi connectivity index (χ2v) is 6.20. The van der Waals surface area contributed by atoms with E-state index >= 15 is 0 Å². The number of anilines is 1. The van der Waals surface area contributed by atoms with Crippen LogP contribution < -0.4 is 5.32 Å². The van der Waals surface area contributed by atoms with E-state index in [1.807, 2.05) is 17.5 Å². The first kappa shape index (κ1) is 15.4. The van der Waals surface area contributed by atoms with Gasteiger partial charge in [-0.3, -0.25) is 0 Å². The summed E-state index contributed by atoms with van der Waals surface area (Å²) in [4.78, 5) is 1.11. The zero-order chi connectivity index (χ0) is 14.4. The Bertz CT molecular complexity index is 536. The van der Waals surface area contributed by atoms with Crippen molar-refractivity contribution in [3.63, 3.8) is 0 Å². The molecule has 3 nitrogen and oxygen atoms in total. The Morgan fingerprint density at radius 1 is 1.40 bits per heavy atom. The van der Waals surface area contributed by atoms with Gasteiger partial charge in [0.05, 0.1) is 25.0 Å². The number of aliphatic hydroxyl groups excluding tert-OH is 1. The van der Waals surface area contributed by atoms with Crippen molar-refractivity contribution in [1.82, 2.24) is 0 Å². The van der Waals surface area contributed by atoms with Gasteiger partial charge in [0, 0.05) is 15.9 Å². The van der Waals surface area contributed by atoms with Crippen LogP contribution in [0.4, 0.5) is 10.1 Å². The van der Waals surface area contributed by atoms with Crippen LogP contribution >= 0.6 is 27.3 Å². The molecule has 0 saturated carbocycles. The SMILES string of the molecule is OC(CNc1cc(Br)ccc1F)COCc1cccs1. The van der Waals surface area contributed by atoms with E-state index < -0.39 is 6.10 Å². The number of rotatable bonds is 7. The molecule has 6 heteroatoms. The fourth-order valence-electron chi connectivity index (χ4n) is 1.61. The molecule has 0 aliphatic rings. The minimum absolute atomic E-state index is 0.209. The van der Waals surface area contributed by atoms with E-state index in [2.05, 4.69) is 21.2 Å². The van der Waals surface area contributed by atoms with Gasteiger partial charge in [-0.1, -0.05) is 22.0 Å². The number of aliphatic hydroxyl groups is 1. The summed E-state index contributed by atoms with van der Waals surface area (Å²) in [5, 5.41) is 14.6. The zero-order valence-electron chi connectivity index (χ0n) is 10.7. The van der Waals surface area contributed by atoms with Crippen molar-refractivity contribution in [2.75, 3.05) is 18.5 Å². The minimum Gasteiger partial charge on any atom is -0.389 e. The highest BCUT2D eigenvalue weighted by molar-refractivity contribution is 9.10. The summed E-state index contributed by atoms with van der Waals surface area (Å²) in [7, 11) is 0. The predicted molar refractivity (Wildman–Crippen MR) is 82.6 cm³/mol. The quantitative estimate of drug-likeness (QED) is 0.792. The van der Waals surface area contributed by atoms with Gasteiger partial charge in [-0.2, -0.15) is 0 Å². The normalized spacial score (nSPS) is 12.3. The molecular weight excluding hydrogens is 345 g/mol. The van der Waals surface area contributed by atoms with E-state index in [0.29, 0.717) is 12.3 Å². The van der Waals surface area contributed by atoms with Gasteiger partial charge in [0.15, 0.2) is 0 Å². The molecule has 0 amide bonds. The number of hydrogen-bond acceptors (Lipinski definition) is 4. The lowest BCUT2D eigenvalue weighted by atomic mass is 10.3. The van der Waals surface area contributed by atoms with Crippen LogP contribution in [0.3, 0.4) is 0 Å². The Balaban J connectivity index is 1.71. The molecule has 1 atom stereocenters. The Kier molecular flexibility index (Phi) is 5.97. The molecule has 0 spiro atoms. The fraction of sp³-hybridized carbons (Fsp3) is 0.286. The zero-order valence-corrected chi connectivity index (χ0v) is 13.1. The van der Waals surface area contributed by atoms with E-state index in [1.165, 1.54) is 6.07 Å². The van der Waals surface area contributed by atoms with Crippen molar-refractivity contribution >= 4 is 33.0 Å². The second kappa shape index (κ2) is 7.73. The molecule has 1 aromatic carbocycles. The van der Waals surface area contributed by atoms with Crippen molar-refractivity contribution in [2.45, 2.75) is 12.7 Å². The molecule has 2 aromatic rings. The highest BCUT2D eigenvalue weighted by Crippen LogP contribution is 2.19. The number of ether oxygens (including phenoxy) is 1. The molecule has 108 valence electrons. The highest BCUT2D eigenvalue weighted by atomic mass is 79.9. The van der Waals surface area contributed by atoms with Crippen LogP contribution in [0.2, 0.25) is 0 Å². The average Bonchev–Trinajstić information content (AvgIpc) is 2.93. The van der Waals surface area contributed by atoms with E-state index in [0.717, 1.165) is 9.35 Å². The van der Waals surface area contributed by atoms with Gasteiger partial charge < -0.3 is 15.2 Å². The van der Waals surface area contributed by atoms with Crippen molar-refractivity contribution in [2.24, 2.45) is 0 Å². The maximum Gasteiger partial charge on any atom is 0.146 e. The summed E-state index contributed by atoms with van der Waals surface area (Å²) in [6.45, 7) is 0.929. The molecule has 2 N–H and O–H groups in total. The molecule has 0 fully saturated rings. The summed E-state index contributed by atoms with van der Waals surface area (Å²) in [6.07, 6.45) is -0.687. The molecule has 1 unspecified atom stereocenters. The third-order valence-corrected chi connectivity index (χ3v) is 3.93. The van der Waals surface area contributed by atoms with E-state index in [-0.39, 0.29) is 19.0 Å². The third kappa shape index (κ3) is 4.86. The number of benzene rings is 1. The van der Waals surface area contributed by atoms with E-state index in [9.17, 15) is 9.50 Å². The van der Waals surface area contributed by atoms with Crippen molar-refractivity contribution in [1.29, 1.82) is 0 Å². The lowest BCUT2D eigenvalue weighted by Gasteiger charge is -2.13. The van der Waals surface area contributed by atoms with Crippen LogP contribution in [0.15, 0.2) is 40.2 Å². The van der Waals surface area contributed by atoms with Crippen LogP contribution in [0.5, 0.6) is 0 Å². The minimum atomic E-state index is -0.687. The Morgan fingerprint density at radius 3 is 3.00 bits per heavy atom. The van der Waals surface area contributed by atoms with Gasteiger partial charge in [-0.15, -0.1) is 11.3 Å². The van der Waals surface area contributed by atoms with Crippen LogP contribution in [0, 0.1) is 5.82 Å². The maximum absolute atomic E-state index is 13.5. The molecule has 0 bridgehead atoms. The van der Waals surface area contributed by atoms with Crippen LogP contribution in [-0.2, 0) is 11.3 Å². The monoisotopic (exact) mass is 359 g/mol. The first-order chi connectivity index (χ1) is 9.65. The molecule has 1 heterocycles. The number of nitrogens with one attached hydrogen (secondary N) is 1. The van der Waals surface area contributed by atoms with Gasteiger partial charge in [0.2, 0.25) is 0 Å². The number of thiophene rings is 1. The summed E-state index contributed by atoms with van der Waals surface area (Å²) in [6, 6.07) is 8.56. The van der Waals surface area contributed by atoms with E-state index in [1.54, 1.807) is 23.5 Å². The van der Waals surface area contributed by atoms with Crippen LogP contribution in [-0.4, -0.2) is 24.4 Å². The van der Waals surface area contributed by atoms with Crippen LogP contribution in [0.25, 0.3) is 0 Å². The molecule has 1 aromatic heterocycles. The average molecular weight is 360 g/mol. The predicted octanol–water partition coefficient (Wildman–Crippen LogP) is 3.64. The lowest BCUT2D eigenvalue weighted by molar-refractivity contribution is 0.0358. The van der Waals surface area contributed by atoms with Crippen molar-refractivity contribution in [3.8, 4) is 0 Å². The fourth-order valence-corrected chi connectivity index (χ4v) is 2.61. The Morgan fingerprint density at radius 2 is 2.25 bits per heavy atom. The van der Waals surface area contributed by atoms with E-state index in [4.69, 9.17) is 4.74 Å². The molecule has 0 aliphatic heterocycles. The highest BCUT2D eigenvalue weighted by Gasteiger charge is 2.07. The Hall–Kier alpha value is -0.950. The standard InChI is InChI=1S/C14H15BrFNO2S/c15-10-3-4-13(16)14(6-10)17-7-11(18)8-19-9-12-2-1-5-20-12/h1-6,11,17-18H,7-9H2. The third-order valence-electron chi connectivity index (χ3n) is 2.59. The molecule has 0 aliphatic carbocycles. The molecule has 2 rings (SSSR count). The molecule has 0 saturated heterocycles. The number of halogens is 2. The summed E-state index contributed by atoms with van der Waals surface area (Å²) in [5.41, 5.74) is 0.358. The number of hydrogen-bond donors (Lipinski definition) is 2.